The van der Waals surface area contributed by atoms with Crippen molar-refractivity contribution >= 4 is 17.4 Å². The van der Waals surface area contributed by atoms with Gasteiger partial charge in [-0.1, -0.05) is 13.8 Å². The van der Waals surface area contributed by atoms with Crippen molar-refractivity contribution in [2.45, 2.75) is 40.0 Å². The summed E-state index contributed by atoms with van der Waals surface area (Å²) < 4.78 is 10.9. The van der Waals surface area contributed by atoms with Crippen molar-refractivity contribution in [2.75, 3.05) is 36.5 Å². The van der Waals surface area contributed by atoms with Crippen LogP contribution in [0.3, 0.4) is 0 Å². The second-order valence-corrected chi connectivity index (χ2v) is 7.05. The number of nitrogens with zero attached hydrogens (tertiary/aromatic N) is 2. The van der Waals surface area contributed by atoms with Gasteiger partial charge in [0.25, 0.3) is 5.91 Å². The van der Waals surface area contributed by atoms with E-state index in [9.17, 15) is 4.79 Å². The van der Waals surface area contributed by atoms with Crippen molar-refractivity contribution in [3.05, 3.63) is 41.0 Å². The molecule has 0 radical (unpaired) electrons. The van der Waals surface area contributed by atoms with Crippen molar-refractivity contribution in [2.24, 2.45) is 0 Å². The predicted octanol–water partition coefficient (Wildman–Crippen LogP) is 3.89. The molecule has 1 fully saturated rings. The van der Waals surface area contributed by atoms with E-state index in [2.05, 4.69) is 24.1 Å². The van der Waals surface area contributed by atoms with Gasteiger partial charge < -0.3 is 19.4 Å². The third kappa shape index (κ3) is 3.90. The van der Waals surface area contributed by atoms with Crippen molar-refractivity contribution in [1.82, 2.24) is 4.98 Å². The van der Waals surface area contributed by atoms with Crippen LogP contribution in [0.1, 0.15) is 53.6 Å². The smallest absolute Gasteiger partial charge is 0.291 e. The molecule has 2 aromatic heterocycles. The summed E-state index contributed by atoms with van der Waals surface area (Å²) >= 11 is 0. The molecular weight excluding hydrogens is 330 g/mol. The van der Waals surface area contributed by atoms with Crippen molar-refractivity contribution in [1.29, 1.82) is 0 Å². The number of pyridine rings is 1. The normalized spacial score (nSPS) is 15.2. The van der Waals surface area contributed by atoms with E-state index < -0.39 is 0 Å². The van der Waals surface area contributed by atoms with Crippen LogP contribution in [-0.2, 0) is 4.74 Å². The maximum atomic E-state index is 12.6. The Morgan fingerprint density at radius 1 is 1.23 bits per heavy atom. The number of carbonyl (C=O) groups is 1. The fourth-order valence-electron chi connectivity index (χ4n) is 3.17. The second-order valence-electron chi connectivity index (χ2n) is 7.05. The minimum Gasteiger partial charge on any atom is -0.459 e. The molecule has 0 saturated carbocycles. The van der Waals surface area contributed by atoms with Gasteiger partial charge >= 0.3 is 0 Å². The summed E-state index contributed by atoms with van der Waals surface area (Å²) in [5.74, 6) is 1.23. The first-order valence-electron chi connectivity index (χ1n) is 9.17. The molecule has 26 heavy (non-hydrogen) atoms. The molecule has 1 aliphatic heterocycles. The maximum Gasteiger partial charge on any atom is 0.291 e. The van der Waals surface area contributed by atoms with Crippen LogP contribution in [-0.4, -0.2) is 37.2 Å². The summed E-state index contributed by atoms with van der Waals surface area (Å²) in [4.78, 5) is 19.7. The van der Waals surface area contributed by atoms with Gasteiger partial charge in [-0.05, 0) is 43.9 Å². The van der Waals surface area contributed by atoms with Crippen LogP contribution in [0.15, 0.2) is 22.8 Å². The van der Waals surface area contributed by atoms with Gasteiger partial charge in [0.05, 0.1) is 24.3 Å². The Morgan fingerprint density at radius 3 is 2.73 bits per heavy atom. The monoisotopic (exact) mass is 357 g/mol. The fraction of sp³-hybridized carbons (Fsp3) is 0.500. The average molecular weight is 357 g/mol. The third-order valence-corrected chi connectivity index (χ3v) is 4.63. The number of nitrogens with one attached hydrogen (secondary N) is 1. The van der Waals surface area contributed by atoms with E-state index in [1.165, 1.54) is 6.26 Å². The second kappa shape index (κ2) is 7.91. The van der Waals surface area contributed by atoms with Crippen LogP contribution in [0.5, 0.6) is 0 Å². The molecule has 3 rings (SSSR count). The van der Waals surface area contributed by atoms with E-state index in [1.54, 1.807) is 6.07 Å². The minimum atomic E-state index is -0.241. The van der Waals surface area contributed by atoms with Crippen LogP contribution in [0.4, 0.5) is 11.5 Å². The van der Waals surface area contributed by atoms with E-state index >= 15 is 0 Å². The van der Waals surface area contributed by atoms with Gasteiger partial charge in [-0.2, -0.15) is 0 Å². The lowest BCUT2D eigenvalue weighted by Gasteiger charge is -2.24. The molecule has 0 aliphatic carbocycles. The number of aromatic nitrogens is 1. The lowest BCUT2D eigenvalue weighted by atomic mass is 10.0. The number of amides is 1. The number of rotatable bonds is 4. The van der Waals surface area contributed by atoms with Crippen molar-refractivity contribution in [3.8, 4) is 0 Å². The Bertz CT molecular complexity index is 775. The van der Waals surface area contributed by atoms with Gasteiger partial charge in [-0.15, -0.1) is 0 Å². The highest BCUT2D eigenvalue weighted by Gasteiger charge is 2.21. The summed E-state index contributed by atoms with van der Waals surface area (Å²) in [6, 6.07) is 3.83. The third-order valence-electron chi connectivity index (χ3n) is 4.63. The fourth-order valence-corrected chi connectivity index (χ4v) is 3.17. The SMILES string of the molecule is Cc1ccoc1C(=O)Nc1c(C)cc(N2CCCOCC2)nc1C(C)C. The van der Waals surface area contributed by atoms with E-state index in [-0.39, 0.29) is 11.8 Å². The number of ether oxygens (including phenoxy) is 1. The van der Waals surface area contributed by atoms with Crippen LogP contribution in [0.2, 0.25) is 0 Å². The van der Waals surface area contributed by atoms with E-state index in [0.29, 0.717) is 12.4 Å². The van der Waals surface area contributed by atoms with Crippen LogP contribution in [0.25, 0.3) is 0 Å². The average Bonchev–Trinajstić information content (AvgIpc) is 2.86. The Labute approximate surface area is 154 Å². The molecule has 1 N–H and O–H groups in total. The van der Waals surface area contributed by atoms with Gasteiger partial charge in [-0.3, -0.25) is 4.79 Å². The molecule has 6 nitrogen and oxygen atoms in total. The van der Waals surface area contributed by atoms with E-state index in [0.717, 1.165) is 54.4 Å². The highest BCUT2D eigenvalue weighted by molar-refractivity contribution is 6.04. The number of hydrogen-bond acceptors (Lipinski definition) is 5. The highest BCUT2D eigenvalue weighted by atomic mass is 16.5. The zero-order valence-electron chi connectivity index (χ0n) is 16.0. The maximum absolute atomic E-state index is 12.6. The van der Waals surface area contributed by atoms with Gasteiger partial charge in [-0.25, -0.2) is 4.98 Å². The van der Waals surface area contributed by atoms with Crippen LogP contribution in [0, 0.1) is 13.8 Å². The van der Waals surface area contributed by atoms with Crippen molar-refractivity contribution < 1.29 is 13.9 Å². The largest absolute Gasteiger partial charge is 0.459 e. The van der Waals surface area contributed by atoms with E-state index in [1.807, 2.05) is 19.9 Å². The molecule has 6 heteroatoms. The lowest BCUT2D eigenvalue weighted by molar-refractivity contribution is 0.0995. The van der Waals surface area contributed by atoms with Crippen LogP contribution < -0.4 is 10.2 Å². The zero-order valence-corrected chi connectivity index (χ0v) is 16.0. The van der Waals surface area contributed by atoms with Crippen molar-refractivity contribution in [3.63, 3.8) is 0 Å². The molecule has 3 heterocycles. The summed E-state index contributed by atoms with van der Waals surface area (Å²) in [5.41, 5.74) is 3.49. The molecular formula is C20H27N3O3. The molecule has 1 aliphatic rings. The number of hydrogen-bond donors (Lipinski definition) is 1. The Kier molecular flexibility index (Phi) is 5.61. The highest BCUT2D eigenvalue weighted by Crippen LogP contribution is 2.30. The number of carbonyl (C=O) groups excluding carboxylic acids is 1. The van der Waals surface area contributed by atoms with Gasteiger partial charge in [0.15, 0.2) is 5.76 Å². The molecule has 0 atom stereocenters. The molecule has 1 amide bonds. The zero-order chi connectivity index (χ0) is 18.7. The standard InChI is InChI=1S/C20H27N3O3/c1-13(2)17-18(22-20(24)19-14(3)6-10-26-19)15(4)12-16(21-17)23-7-5-9-25-11-8-23/h6,10,12-13H,5,7-9,11H2,1-4H3,(H,22,24). The number of furan rings is 1. The quantitative estimate of drug-likeness (QED) is 0.899. The molecule has 2 aromatic rings. The summed E-state index contributed by atoms with van der Waals surface area (Å²) in [5, 5.41) is 3.01. The lowest BCUT2D eigenvalue weighted by Crippen LogP contribution is -2.27. The molecule has 0 spiro atoms. The van der Waals surface area contributed by atoms with Gasteiger partial charge in [0, 0.05) is 25.3 Å². The molecule has 0 unspecified atom stereocenters. The Hall–Kier alpha value is -2.34. The predicted molar refractivity (Wildman–Crippen MR) is 102 cm³/mol. The molecule has 140 valence electrons. The van der Waals surface area contributed by atoms with E-state index in [4.69, 9.17) is 14.1 Å². The van der Waals surface area contributed by atoms with Crippen LogP contribution >= 0.6 is 0 Å². The Balaban J connectivity index is 1.92. The summed E-state index contributed by atoms with van der Waals surface area (Å²) in [6.45, 7) is 11.3. The first-order chi connectivity index (χ1) is 12.5. The molecule has 1 saturated heterocycles. The number of aryl methyl sites for hydroxylation is 2. The molecule has 0 aromatic carbocycles. The summed E-state index contributed by atoms with van der Waals surface area (Å²) in [6.07, 6.45) is 2.53. The topological polar surface area (TPSA) is 67.6 Å². The van der Waals surface area contributed by atoms with Gasteiger partial charge in [0.1, 0.15) is 5.82 Å². The number of anilines is 2. The minimum absolute atomic E-state index is 0.185. The Morgan fingerprint density at radius 2 is 2.04 bits per heavy atom. The first-order valence-corrected chi connectivity index (χ1v) is 9.17. The molecule has 0 bridgehead atoms. The summed E-state index contributed by atoms with van der Waals surface area (Å²) in [7, 11) is 0. The van der Waals surface area contributed by atoms with Gasteiger partial charge in [0.2, 0.25) is 0 Å². The first kappa shape index (κ1) is 18.5.